The minimum Gasteiger partial charge on any atom is -0.436 e. The third kappa shape index (κ3) is 3.30. The predicted molar refractivity (Wildman–Crippen MR) is 69.5 cm³/mol. The van der Waals surface area contributed by atoms with Crippen LogP contribution in [0.1, 0.15) is 23.9 Å². The standard InChI is InChI=1S/C12H16N4OS/c1-7(13)4-10-5-14-11(15-6-10)18-12-16-8(2)9(3)17-12/h5-7H,4,13H2,1-3H3. The molecule has 0 spiro atoms. The van der Waals surface area contributed by atoms with E-state index in [-0.39, 0.29) is 6.04 Å². The smallest absolute Gasteiger partial charge is 0.264 e. The van der Waals surface area contributed by atoms with Gasteiger partial charge in [-0.25, -0.2) is 15.0 Å². The Morgan fingerprint density at radius 2 is 2.00 bits per heavy atom. The van der Waals surface area contributed by atoms with Gasteiger partial charge in [0.25, 0.3) is 5.22 Å². The average molecular weight is 264 g/mol. The molecule has 1 atom stereocenters. The van der Waals surface area contributed by atoms with E-state index in [4.69, 9.17) is 10.2 Å². The van der Waals surface area contributed by atoms with Crippen LogP contribution in [-0.4, -0.2) is 21.0 Å². The minimum atomic E-state index is 0.115. The summed E-state index contributed by atoms with van der Waals surface area (Å²) < 4.78 is 5.46. The number of rotatable bonds is 4. The van der Waals surface area contributed by atoms with E-state index in [2.05, 4.69) is 15.0 Å². The fourth-order valence-electron chi connectivity index (χ4n) is 1.44. The minimum absolute atomic E-state index is 0.115. The van der Waals surface area contributed by atoms with Gasteiger partial charge >= 0.3 is 0 Å². The molecule has 0 aliphatic rings. The lowest BCUT2D eigenvalue weighted by Crippen LogP contribution is -2.17. The van der Waals surface area contributed by atoms with Crippen molar-refractivity contribution in [2.75, 3.05) is 0 Å². The van der Waals surface area contributed by atoms with Crippen molar-refractivity contribution in [1.82, 2.24) is 15.0 Å². The largest absolute Gasteiger partial charge is 0.436 e. The number of aryl methyl sites for hydroxylation is 2. The second-order valence-electron chi connectivity index (χ2n) is 4.28. The molecule has 0 saturated carbocycles. The van der Waals surface area contributed by atoms with Crippen LogP contribution in [-0.2, 0) is 6.42 Å². The molecular weight excluding hydrogens is 248 g/mol. The highest BCUT2D eigenvalue weighted by atomic mass is 32.2. The Labute approximate surface area is 110 Å². The van der Waals surface area contributed by atoms with E-state index >= 15 is 0 Å². The van der Waals surface area contributed by atoms with Crippen molar-refractivity contribution in [2.45, 2.75) is 43.6 Å². The zero-order chi connectivity index (χ0) is 13.1. The van der Waals surface area contributed by atoms with Crippen molar-refractivity contribution in [1.29, 1.82) is 0 Å². The summed E-state index contributed by atoms with van der Waals surface area (Å²) in [5.74, 6) is 0.825. The van der Waals surface area contributed by atoms with E-state index < -0.39 is 0 Å². The molecule has 0 aliphatic carbocycles. The number of hydrogen-bond donors (Lipinski definition) is 1. The molecule has 0 fully saturated rings. The SMILES string of the molecule is Cc1nc(Sc2ncc(CC(C)N)cn2)oc1C. The van der Waals surface area contributed by atoms with Crippen molar-refractivity contribution >= 4 is 11.8 Å². The first-order valence-corrected chi connectivity index (χ1v) is 6.54. The van der Waals surface area contributed by atoms with Gasteiger partial charge in [-0.15, -0.1) is 0 Å². The van der Waals surface area contributed by atoms with E-state index in [9.17, 15) is 0 Å². The molecule has 0 aliphatic heterocycles. The molecule has 1 unspecified atom stereocenters. The van der Waals surface area contributed by atoms with E-state index in [1.165, 1.54) is 11.8 Å². The van der Waals surface area contributed by atoms with Crippen molar-refractivity contribution in [3.63, 3.8) is 0 Å². The Kier molecular flexibility index (Phi) is 3.98. The fraction of sp³-hybridized carbons (Fsp3) is 0.417. The summed E-state index contributed by atoms with van der Waals surface area (Å²) in [6, 6.07) is 0.115. The van der Waals surface area contributed by atoms with Gasteiger partial charge < -0.3 is 10.2 Å². The molecule has 2 aromatic rings. The van der Waals surface area contributed by atoms with Crippen LogP contribution in [0.5, 0.6) is 0 Å². The molecule has 18 heavy (non-hydrogen) atoms. The maximum Gasteiger partial charge on any atom is 0.264 e. The molecule has 96 valence electrons. The van der Waals surface area contributed by atoms with Gasteiger partial charge in [-0.2, -0.15) is 0 Å². The first kappa shape index (κ1) is 13.0. The molecule has 5 nitrogen and oxygen atoms in total. The Balaban J connectivity index is 2.06. The first-order chi connectivity index (χ1) is 8.54. The van der Waals surface area contributed by atoms with Gasteiger partial charge in [0.2, 0.25) is 0 Å². The third-order valence-electron chi connectivity index (χ3n) is 2.43. The highest BCUT2D eigenvalue weighted by Crippen LogP contribution is 2.25. The second-order valence-corrected chi connectivity index (χ2v) is 5.20. The molecule has 0 amide bonds. The Bertz CT molecular complexity index is 502. The van der Waals surface area contributed by atoms with Gasteiger partial charge in [0, 0.05) is 30.2 Å². The van der Waals surface area contributed by atoms with Crippen LogP contribution in [0.2, 0.25) is 0 Å². The van der Waals surface area contributed by atoms with Crippen molar-refractivity contribution < 1.29 is 4.42 Å². The van der Waals surface area contributed by atoms with Crippen LogP contribution < -0.4 is 5.73 Å². The normalized spacial score (nSPS) is 12.7. The van der Waals surface area contributed by atoms with Crippen LogP contribution >= 0.6 is 11.8 Å². The first-order valence-electron chi connectivity index (χ1n) is 5.73. The molecule has 2 aromatic heterocycles. The molecule has 0 aromatic carbocycles. The molecule has 2 N–H and O–H groups in total. The molecule has 0 bridgehead atoms. The lowest BCUT2D eigenvalue weighted by atomic mass is 10.1. The van der Waals surface area contributed by atoms with Gasteiger partial charge in [0.05, 0.1) is 5.69 Å². The summed E-state index contributed by atoms with van der Waals surface area (Å²) in [6.45, 7) is 5.76. The van der Waals surface area contributed by atoms with E-state index in [0.717, 1.165) is 23.4 Å². The third-order valence-corrected chi connectivity index (χ3v) is 3.17. The Hall–Kier alpha value is -1.40. The van der Waals surface area contributed by atoms with Crippen molar-refractivity contribution in [3.8, 4) is 0 Å². The Morgan fingerprint density at radius 3 is 2.50 bits per heavy atom. The maximum atomic E-state index is 5.72. The molecule has 2 rings (SSSR count). The topological polar surface area (TPSA) is 77.8 Å². The number of oxazole rings is 1. The van der Waals surface area contributed by atoms with Gasteiger partial charge in [-0.3, -0.25) is 0 Å². The summed E-state index contributed by atoms with van der Waals surface area (Å²) in [5.41, 5.74) is 7.65. The zero-order valence-electron chi connectivity index (χ0n) is 10.7. The van der Waals surface area contributed by atoms with Gasteiger partial charge in [-0.05, 0) is 32.8 Å². The van der Waals surface area contributed by atoms with E-state index in [0.29, 0.717) is 10.4 Å². The van der Waals surface area contributed by atoms with E-state index in [1.807, 2.05) is 20.8 Å². The van der Waals surface area contributed by atoms with Crippen LogP contribution in [0, 0.1) is 13.8 Å². The molecule has 6 heteroatoms. The van der Waals surface area contributed by atoms with Crippen molar-refractivity contribution in [2.24, 2.45) is 5.73 Å². The summed E-state index contributed by atoms with van der Waals surface area (Å²) in [7, 11) is 0. The zero-order valence-corrected chi connectivity index (χ0v) is 11.5. The lowest BCUT2D eigenvalue weighted by Gasteiger charge is -2.03. The van der Waals surface area contributed by atoms with Crippen LogP contribution in [0.3, 0.4) is 0 Å². The number of nitrogens with two attached hydrogens (primary N) is 1. The summed E-state index contributed by atoms with van der Waals surface area (Å²) in [4.78, 5) is 12.8. The van der Waals surface area contributed by atoms with Crippen LogP contribution in [0.15, 0.2) is 27.2 Å². The van der Waals surface area contributed by atoms with Crippen LogP contribution in [0.25, 0.3) is 0 Å². The highest BCUT2D eigenvalue weighted by molar-refractivity contribution is 7.98. The van der Waals surface area contributed by atoms with Crippen LogP contribution in [0.4, 0.5) is 0 Å². The van der Waals surface area contributed by atoms with Gasteiger partial charge in [-0.1, -0.05) is 0 Å². The van der Waals surface area contributed by atoms with Gasteiger partial charge in [0.15, 0.2) is 5.16 Å². The molecule has 2 heterocycles. The summed E-state index contributed by atoms with van der Waals surface area (Å²) in [5, 5.41) is 1.20. The number of nitrogens with zero attached hydrogens (tertiary/aromatic N) is 3. The molecule has 0 radical (unpaired) electrons. The monoisotopic (exact) mass is 264 g/mol. The summed E-state index contributed by atoms with van der Waals surface area (Å²) in [6.07, 6.45) is 4.37. The molecular formula is C12H16N4OS. The quantitative estimate of drug-likeness (QED) is 0.852. The Morgan fingerprint density at radius 1 is 1.33 bits per heavy atom. The maximum absolute atomic E-state index is 5.72. The second kappa shape index (κ2) is 5.49. The number of aromatic nitrogens is 3. The highest BCUT2D eigenvalue weighted by Gasteiger charge is 2.09. The predicted octanol–water partition coefficient (Wildman–Crippen LogP) is 2.12. The molecule has 0 saturated heterocycles. The van der Waals surface area contributed by atoms with Crippen molar-refractivity contribution in [3.05, 3.63) is 29.4 Å². The van der Waals surface area contributed by atoms with Gasteiger partial charge in [0.1, 0.15) is 5.76 Å². The number of hydrogen-bond acceptors (Lipinski definition) is 6. The fourth-order valence-corrected chi connectivity index (χ4v) is 2.15. The lowest BCUT2D eigenvalue weighted by molar-refractivity contribution is 0.430. The summed E-state index contributed by atoms with van der Waals surface area (Å²) >= 11 is 1.32. The average Bonchev–Trinajstić information content (AvgIpc) is 2.60. The van der Waals surface area contributed by atoms with E-state index in [1.54, 1.807) is 12.4 Å².